The number of rotatable bonds is 3. The fourth-order valence-electron chi connectivity index (χ4n) is 3.92. The Morgan fingerprint density at radius 1 is 1.16 bits per heavy atom. The van der Waals surface area contributed by atoms with Gasteiger partial charge in [0.2, 0.25) is 5.91 Å². The van der Waals surface area contributed by atoms with Gasteiger partial charge in [-0.25, -0.2) is 0 Å². The molecule has 110 valence electrons. The topological polar surface area (TPSA) is 46.3 Å². The van der Waals surface area contributed by atoms with Gasteiger partial charge < -0.3 is 10.6 Å². The van der Waals surface area contributed by atoms with Crippen LogP contribution in [-0.4, -0.2) is 29.4 Å². The molecule has 0 aromatic carbocycles. The minimum absolute atomic E-state index is 0.221. The molecule has 2 unspecified atom stereocenters. The molecule has 2 saturated carbocycles. The molecule has 19 heavy (non-hydrogen) atoms. The monoisotopic (exact) mass is 266 g/mol. The van der Waals surface area contributed by atoms with E-state index in [1.165, 1.54) is 44.9 Å². The summed E-state index contributed by atoms with van der Waals surface area (Å²) in [6.07, 6.45) is 11.3. The molecule has 2 rings (SSSR count). The van der Waals surface area contributed by atoms with E-state index in [1.807, 2.05) is 11.9 Å². The Morgan fingerprint density at radius 3 is 2.42 bits per heavy atom. The summed E-state index contributed by atoms with van der Waals surface area (Å²) in [6.45, 7) is 2.28. The molecule has 0 heterocycles. The Labute approximate surface area is 117 Å². The van der Waals surface area contributed by atoms with Crippen molar-refractivity contribution in [2.24, 2.45) is 11.7 Å². The number of hydrogen-bond donors (Lipinski definition) is 1. The fourth-order valence-corrected chi connectivity index (χ4v) is 3.92. The largest absolute Gasteiger partial charge is 0.342 e. The van der Waals surface area contributed by atoms with E-state index in [4.69, 9.17) is 5.73 Å². The van der Waals surface area contributed by atoms with Crippen LogP contribution in [0.3, 0.4) is 0 Å². The van der Waals surface area contributed by atoms with Crippen LogP contribution in [-0.2, 0) is 4.79 Å². The van der Waals surface area contributed by atoms with Crippen LogP contribution in [0.25, 0.3) is 0 Å². The van der Waals surface area contributed by atoms with Gasteiger partial charge in [-0.05, 0) is 31.6 Å². The Balaban J connectivity index is 1.91. The number of carbonyl (C=O) groups excluding carboxylic acids is 1. The lowest BCUT2D eigenvalue weighted by molar-refractivity contribution is -0.135. The van der Waals surface area contributed by atoms with Gasteiger partial charge in [-0.15, -0.1) is 0 Å². The van der Waals surface area contributed by atoms with Crippen molar-refractivity contribution in [1.29, 1.82) is 0 Å². The van der Waals surface area contributed by atoms with E-state index in [0.717, 1.165) is 12.8 Å². The lowest BCUT2D eigenvalue weighted by atomic mass is 9.79. The zero-order chi connectivity index (χ0) is 13.9. The summed E-state index contributed by atoms with van der Waals surface area (Å²) < 4.78 is 0. The van der Waals surface area contributed by atoms with Gasteiger partial charge in [-0.3, -0.25) is 4.79 Å². The third kappa shape index (κ3) is 3.71. The van der Waals surface area contributed by atoms with Crippen LogP contribution in [0.15, 0.2) is 0 Å². The molecule has 2 N–H and O–H groups in total. The molecule has 2 fully saturated rings. The van der Waals surface area contributed by atoms with E-state index in [1.54, 1.807) is 0 Å². The molecule has 2 atom stereocenters. The van der Waals surface area contributed by atoms with Crippen molar-refractivity contribution in [1.82, 2.24) is 4.90 Å². The van der Waals surface area contributed by atoms with Crippen LogP contribution in [0, 0.1) is 5.92 Å². The highest BCUT2D eigenvalue weighted by molar-refractivity contribution is 5.77. The first-order chi connectivity index (χ1) is 9.02. The van der Waals surface area contributed by atoms with Crippen LogP contribution in [0.1, 0.15) is 71.1 Å². The summed E-state index contributed by atoms with van der Waals surface area (Å²) >= 11 is 0. The van der Waals surface area contributed by atoms with Crippen LogP contribution < -0.4 is 5.73 Å². The number of nitrogens with two attached hydrogens (primary N) is 1. The predicted octanol–water partition coefficient (Wildman–Crippen LogP) is 3.08. The quantitative estimate of drug-likeness (QED) is 0.853. The minimum atomic E-state index is -0.221. The Bertz CT molecular complexity index is 310. The second kappa shape index (κ2) is 6.25. The Kier molecular flexibility index (Phi) is 4.88. The van der Waals surface area contributed by atoms with Crippen molar-refractivity contribution in [3.8, 4) is 0 Å². The van der Waals surface area contributed by atoms with Gasteiger partial charge in [-0.2, -0.15) is 0 Å². The molecule has 0 aromatic rings. The molecule has 2 aliphatic carbocycles. The predicted molar refractivity (Wildman–Crippen MR) is 78.8 cm³/mol. The molecule has 0 radical (unpaired) electrons. The first kappa shape index (κ1) is 14.8. The molecule has 3 nitrogen and oxygen atoms in total. The van der Waals surface area contributed by atoms with E-state index >= 15 is 0 Å². The zero-order valence-corrected chi connectivity index (χ0v) is 12.7. The third-order valence-corrected chi connectivity index (χ3v) is 5.31. The van der Waals surface area contributed by atoms with E-state index in [0.29, 0.717) is 18.4 Å². The lowest BCUT2D eigenvalue weighted by Crippen LogP contribution is -2.49. The summed E-state index contributed by atoms with van der Waals surface area (Å²) in [5.74, 6) is 0.908. The van der Waals surface area contributed by atoms with Gasteiger partial charge in [0.1, 0.15) is 0 Å². The zero-order valence-electron chi connectivity index (χ0n) is 12.7. The molecule has 0 aliphatic heterocycles. The first-order valence-electron chi connectivity index (χ1n) is 8.06. The Morgan fingerprint density at radius 2 is 1.79 bits per heavy atom. The van der Waals surface area contributed by atoms with Gasteiger partial charge in [0.15, 0.2) is 0 Å². The van der Waals surface area contributed by atoms with Crippen molar-refractivity contribution in [3.63, 3.8) is 0 Å². The van der Waals surface area contributed by atoms with E-state index in [-0.39, 0.29) is 11.4 Å². The molecule has 0 spiro atoms. The van der Waals surface area contributed by atoms with Crippen LogP contribution >= 0.6 is 0 Å². The van der Waals surface area contributed by atoms with Gasteiger partial charge in [0.25, 0.3) is 0 Å². The smallest absolute Gasteiger partial charge is 0.224 e. The second-order valence-corrected chi connectivity index (χ2v) is 6.93. The summed E-state index contributed by atoms with van der Waals surface area (Å²) in [5.41, 5.74) is 6.19. The molecule has 0 saturated heterocycles. The van der Waals surface area contributed by atoms with Crippen molar-refractivity contribution < 1.29 is 4.79 Å². The van der Waals surface area contributed by atoms with Crippen LogP contribution in [0.2, 0.25) is 0 Å². The fraction of sp³-hybridized carbons (Fsp3) is 0.938. The van der Waals surface area contributed by atoms with Crippen molar-refractivity contribution in [3.05, 3.63) is 0 Å². The van der Waals surface area contributed by atoms with Crippen molar-refractivity contribution in [2.45, 2.75) is 82.7 Å². The van der Waals surface area contributed by atoms with Crippen LogP contribution in [0.4, 0.5) is 0 Å². The maximum Gasteiger partial charge on any atom is 0.224 e. The van der Waals surface area contributed by atoms with E-state index in [2.05, 4.69) is 6.92 Å². The average Bonchev–Trinajstić information content (AvgIpc) is 2.39. The highest BCUT2D eigenvalue weighted by atomic mass is 16.2. The summed E-state index contributed by atoms with van der Waals surface area (Å²) in [7, 11) is 1.99. The van der Waals surface area contributed by atoms with Crippen molar-refractivity contribution >= 4 is 5.91 Å². The molecular weight excluding hydrogens is 236 g/mol. The third-order valence-electron chi connectivity index (χ3n) is 5.31. The van der Waals surface area contributed by atoms with Gasteiger partial charge in [0, 0.05) is 25.0 Å². The van der Waals surface area contributed by atoms with Crippen LogP contribution in [0.5, 0.6) is 0 Å². The SMILES string of the molecule is CC1CCCCC1N(C)C(=O)CC1(N)CCCCC1. The Hall–Kier alpha value is -0.570. The van der Waals surface area contributed by atoms with E-state index in [9.17, 15) is 4.79 Å². The number of amides is 1. The minimum Gasteiger partial charge on any atom is -0.342 e. The number of hydrogen-bond acceptors (Lipinski definition) is 2. The highest BCUT2D eigenvalue weighted by Gasteiger charge is 2.34. The van der Waals surface area contributed by atoms with Gasteiger partial charge in [-0.1, -0.05) is 39.0 Å². The average molecular weight is 266 g/mol. The van der Waals surface area contributed by atoms with Crippen molar-refractivity contribution in [2.75, 3.05) is 7.05 Å². The lowest BCUT2D eigenvalue weighted by Gasteiger charge is -2.39. The maximum atomic E-state index is 12.5. The normalized spacial score (nSPS) is 30.9. The summed E-state index contributed by atoms with van der Waals surface area (Å²) in [6, 6.07) is 0.438. The molecule has 0 bridgehead atoms. The maximum absolute atomic E-state index is 12.5. The van der Waals surface area contributed by atoms with E-state index < -0.39 is 0 Å². The molecule has 3 heteroatoms. The first-order valence-corrected chi connectivity index (χ1v) is 8.06. The number of nitrogens with zero attached hydrogens (tertiary/aromatic N) is 1. The molecular formula is C16H30N2O. The second-order valence-electron chi connectivity index (χ2n) is 6.93. The van der Waals surface area contributed by atoms with Gasteiger partial charge in [0.05, 0.1) is 0 Å². The molecule has 2 aliphatic rings. The highest BCUT2D eigenvalue weighted by Crippen LogP contribution is 2.31. The summed E-state index contributed by atoms with van der Waals surface area (Å²) in [5, 5.41) is 0. The summed E-state index contributed by atoms with van der Waals surface area (Å²) in [4.78, 5) is 14.5. The standard InChI is InChI=1S/C16H30N2O/c1-13-8-4-5-9-14(13)18(2)15(19)12-16(17)10-6-3-7-11-16/h13-14H,3-12,17H2,1-2H3. The number of carbonyl (C=O) groups is 1. The van der Waals surface area contributed by atoms with Gasteiger partial charge >= 0.3 is 0 Å². The molecule has 0 aromatic heterocycles. The molecule has 1 amide bonds.